The van der Waals surface area contributed by atoms with Gasteiger partial charge in [0.05, 0.1) is 12.2 Å². The van der Waals surface area contributed by atoms with E-state index in [1.165, 1.54) is 11.1 Å². The Morgan fingerprint density at radius 3 is 2.50 bits per heavy atom. The maximum atomic E-state index is 12.2. The second-order valence-electron chi connectivity index (χ2n) is 7.82. The largest absolute Gasteiger partial charge is 0.349 e. The predicted octanol–water partition coefficient (Wildman–Crippen LogP) is 1.97. The molecule has 1 aromatic heterocycles. The Labute approximate surface area is 167 Å². The van der Waals surface area contributed by atoms with E-state index in [1.54, 1.807) is 6.20 Å². The molecule has 2 heterocycles. The summed E-state index contributed by atoms with van der Waals surface area (Å²) in [5.74, 6) is -0.152. The monoisotopic (exact) mass is 384 g/mol. The lowest BCUT2D eigenvalue weighted by Crippen LogP contribution is -2.34. The van der Waals surface area contributed by atoms with Crippen molar-refractivity contribution in [3.8, 4) is 0 Å². The normalized spacial score (nSPS) is 15.9. The van der Waals surface area contributed by atoms with Crippen LogP contribution < -0.4 is 5.32 Å². The maximum absolute atomic E-state index is 12.2. The molecule has 3 rings (SSSR count). The highest BCUT2D eigenvalue weighted by Gasteiger charge is 2.22. The molecule has 1 N–H and O–H groups in total. The van der Waals surface area contributed by atoms with E-state index in [2.05, 4.69) is 51.7 Å². The number of hydrogen-bond donors (Lipinski definition) is 1. The highest BCUT2D eigenvalue weighted by molar-refractivity contribution is 5.91. The summed E-state index contributed by atoms with van der Waals surface area (Å²) in [6.07, 6.45) is 4.92. The van der Waals surface area contributed by atoms with Crippen LogP contribution in [0.25, 0.3) is 0 Å². The molecule has 0 radical (unpaired) electrons. The Morgan fingerprint density at radius 2 is 1.86 bits per heavy atom. The summed E-state index contributed by atoms with van der Waals surface area (Å²) in [5, 5.41) is 11.2. The minimum Gasteiger partial charge on any atom is -0.349 e. The third kappa shape index (κ3) is 5.62. The first-order chi connectivity index (χ1) is 13.5. The zero-order chi connectivity index (χ0) is 19.9. The first-order valence-electron chi connectivity index (χ1n) is 10.2. The Kier molecular flexibility index (Phi) is 7.17. The second kappa shape index (κ2) is 9.80. The van der Waals surface area contributed by atoms with Crippen molar-refractivity contribution in [2.45, 2.75) is 38.8 Å². The molecule has 0 unspecified atom stereocenters. The predicted molar refractivity (Wildman–Crippen MR) is 110 cm³/mol. The molecule has 28 heavy (non-hydrogen) atoms. The van der Waals surface area contributed by atoms with Crippen molar-refractivity contribution < 1.29 is 4.79 Å². The molecule has 1 saturated heterocycles. The van der Waals surface area contributed by atoms with E-state index in [4.69, 9.17) is 0 Å². The van der Waals surface area contributed by atoms with Gasteiger partial charge in [-0.15, -0.1) is 5.10 Å². The van der Waals surface area contributed by atoms with Crippen molar-refractivity contribution in [1.82, 2.24) is 30.1 Å². The molecule has 1 aromatic carbocycles. The molecule has 1 amide bonds. The SMILES string of the molecule is CCc1ccc(CN2CCC(n3cc(C(=O)NCCN(C)C)nn3)CC2)cc1. The topological polar surface area (TPSA) is 66.3 Å². The number of piperidine rings is 1. The molecule has 1 fully saturated rings. The molecule has 0 bridgehead atoms. The number of likely N-dealkylation sites (N-methyl/N-ethyl adjacent to an activating group) is 1. The molecule has 7 heteroatoms. The zero-order valence-corrected chi connectivity index (χ0v) is 17.3. The lowest BCUT2D eigenvalue weighted by atomic mass is 10.0. The van der Waals surface area contributed by atoms with Crippen LogP contribution in [-0.2, 0) is 13.0 Å². The summed E-state index contributed by atoms with van der Waals surface area (Å²) in [7, 11) is 3.96. The summed E-state index contributed by atoms with van der Waals surface area (Å²) < 4.78 is 1.87. The average Bonchev–Trinajstić information content (AvgIpc) is 3.19. The summed E-state index contributed by atoms with van der Waals surface area (Å²) in [6, 6.07) is 9.24. The molecule has 0 saturated carbocycles. The van der Waals surface area contributed by atoms with Gasteiger partial charge in [-0.3, -0.25) is 9.69 Å². The standard InChI is InChI=1S/C21H32N6O/c1-4-17-5-7-18(8-6-17)15-26-12-9-19(10-13-26)27-16-20(23-24-27)21(28)22-11-14-25(2)3/h5-8,16,19H,4,9-15H2,1-3H3,(H,22,28). The van der Waals surface area contributed by atoms with Gasteiger partial charge in [0.1, 0.15) is 0 Å². The lowest BCUT2D eigenvalue weighted by Gasteiger charge is -2.31. The van der Waals surface area contributed by atoms with E-state index < -0.39 is 0 Å². The van der Waals surface area contributed by atoms with Crippen molar-refractivity contribution in [2.75, 3.05) is 40.3 Å². The van der Waals surface area contributed by atoms with Gasteiger partial charge in [-0.25, -0.2) is 4.68 Å². The van der Waals surface area contributed by atoms with Crippen molar-refractivity contribution in [3.63, 3.8) is 0 Å². The van der Waals surface area contributed by atoms with E-state index in [0.29, 0.717) is 18.3 Å². The van der Waals surface area contributed by atoms with Crippen molar-refractivity contribution in [3.05, 3.63) is 47.3 Å². The van der Waals surface area contributed by atoms with Gasteiger partial charge in [0.15, 0.2) is 5.69 Å². The number of likely N-dealkylation sites (tertiary alicyclic amines) is 1. The van der Waals surface area contributed by atoms with Gasteiger partial charge in [-0.1, -0.05) is 36.4 Å². The summed E-state index contributed by atoms with van der Waals surface area (Å²) in [5.41, 5.74) is 3.15. The van der Waals surface area contributed by atoms with Gasteiger partial charge in [0.25, 0.3) is 5.91 Å². The average molecular weight is 385 g/mol. The lowest BCUT2D eigenvalue weighted by molar-refractivity contribution is 0.0946. The first-order valence-corrected chi connectivity index (χ1v) is 10.2. The van der Waals surface area contributed by atoms with E-state index in [9.17, 15) is 4.79 Å². The number of nitrogens with zero attached hydrogens (tertiary/aromatic N) is 5. The van der Waals surface area contributed by atoms with Gasteiger partial charge in [0, 0.05) is 32.7 Å². The van der Waals surface area contributed by atoms with Crippen LogP contribution >= 0.6 is 0 Å². The minimum atomic E-state index is -0.152. The van der Waals surface area contributed by atoms with Gasteiger partial charge in [-0.05, 0) is 44.5 Å². The number of carbonyl (C=O) groups excluding carboxylic acids is 1. The van der Waals surface area contributed by atoms with Crippen LogP contribution in [0.4, 0.5) is 0 Å². The fourth-order valence-corrected chi connectivity index (χ4v) is 3.52. The minimum absolute atomic E-state index is 0.152. The smallest absolute Gasteiger partial charge is 0.273 e. The van der Waals surface area contributed by atoms with Gasteiger partial charge in [0.2, 0.25) is 0 Å². The molecular weight excluding hydrogens is 352 g/mol. The Balaban J connectivity index is 1.47. The van der Waals surface area contributed by atoms with E-state index >= 15 is 0 Å². The quantitative estimate of drug-likeness (QED) is 0.754. The number of aromatic nitrogens is 3. The van der Waals surface area contributed by atoms with E-state index in [-0.39, 0.29) is 5.91 Å². The van der Waals surface area contributed by atoms with Crippen LogP contribution in [-0.4, -0.2) is 71.0 Å². The first kappa shape index (κ1) is 20.5. The third-order valence-electron chi connectivity index (χ3n) is 5.36. The van der Waals surface area contributed by atoms with Gasteiger partial charge >= 0.3 is 0 Å². The van der Waals surface area contributed by atoms with Crippen LogP contribution in [0.5, 0.6) is 0 Å². The number of carbonyl (C=O) groups is 1. The van der Waals surface area contributed by atoms with Gasteiger partial charge in [-0.2, -0.15) is 0 Å². The molecule has 152 valence electrons. The summed E-state index contributed by atoms with van der Waals surface area (Å²) in [4.78, 5) is 16.7. The fourth-order valence-electron chi connectivity index (χ4n) is 3.52. The molecule has 1 aliphatic heterocycles. The summed E-state index contributed by atoms with van der Waals surface area (Å²) in [6.45, 7) is 6.65. The van der Waals surface area contributed by atoms with Gasteiger partial charge < -0.3 is 10.2 Å². The second-order valence-corrected chi connectivity index (χ2v) is 7.82. The van der Waals surface area contributed by atoms with Crippen molar-refractivity contribution in [2.24, 2.45) is 0 Å². The highest BCUT2D eigenvalue weighted by Crippen LogP contribution is 2.23. The molecule has 7 nitrogen and oxygen atoms in total. The molecule has 0 spiro atoms. The Morgan fingerprint density at radius 1 is 1.18 bits per heavy atom. The number of benzene rings is 1. The zero-order valence-electron chi connectivity index (χ0n) is 17.3. The number of hydrogen-bond acceptors (Lipinski definition) is 5. The van der Waals surface area contributed by atoms with E-state index in [1.807, 2.05) is 23.7 Å². The van der Waals surface area contributed by atoms with Crippen LogP contribution in [0.1, 0.15) is 47.4 Å². The van der Waals surface area contributed by atoms with Crippen LogP contribution in [0, 0.1) is 0 Å². The Hall–Kier alpha value is -2.25. The van der Waals surface area contributed by atoms with Crippen LogP contribution in [0.15, 0.2) is 30.5 Å². The van der Waals surface area contributed by atoms with Crippen LogP contribution in [0.3, 0.4) is 0 Å². The van der Waals surface area contributed by atoms with Crippen molar-refractivity contribution in [1.29, 1.82) is 0 Å². The highest BCUT2D eigenvalue weighted by atomic mass is 16.2. The number of aryl methyl sites for hydroxylation is 1. The maximum Gasteiger partial charge on any atom is 0.273 e. The van der Waals surface area contributed by atoms with Crippen LogP contribution in [0.2, 0.25) is 0 Å². The number of amides is 1. The fraction of sp³-hybridized carbons (Fsp3) is 0.571. The third-order valence-corrected chi connectivity index (χ3v) is 5.36. The molecule has 0 aliphatic carbocycles. The van der Waals surface area contributed by atoms with E-state index in [0.717, 1.165) is 45.4 Å². The number of rotatable bonds is 8. The number of nitrogens with one attached hydrogen (secondary N) is 1. The molecule has 2 aromatic rings. The Bertz CT molecular complexity index is 747. The van der Waals surface area contributed by atoms with Crippen molar-refractivity contribution >= 4 is 5.91 Å². The molecule has 1 aliphatic rings. The molecule has 0 atom stereocenters. The summed E-state index contributed by atoms with van der Waals surface area (Å²) >= 11 is 0. The molecular formula is C21H32N6O.